The van der Waals surface area contributed by atoms with Crippen molar-refractivity contribution < 1.29 is 18.9 Å². The third kappa shape index (κ3) is 7.35. The van der Waals surface area contributed by atoms with E-state index in [2.05, 4.69) is 0 Å². The highest BCUT2D eigenvalue weighted by atomic mass is 28.2. The number of hydrogen-bond acceptors (Lipinski definition) is 4. The van der Waals surface area contributed by atoms with Crippen molar-refractivity contribution in [2.24, 2.45) is 0 Å². The molecule has 0 bridgehead atoms. The Morgan fingerprint density at radius 3 is 2.56 bits per heavy atom. The molecule has 0 aromatic rings. The predicted octanol–water partition coefficient (Wildman–Crippen LogP) is 1.27. The molecule has 0 aliphatic carbocycles. The van der Waals surface area contributed by atoms with Crippen molar-refractivity contribution in [1.82, 2.24) is 0 Å². The molecule has 2 radical (unpaired) electrons. The van der Waals surface area contributed by atoms with Crippen molar-refractivity contribution in [2.75, 3.05) is 33.0 Å². The van der Waals surface area contributed by atoms with Crippen LogP contribution in [0.5, 0.6) is 0 Å². The maximum atomic E-state index is 5.47. The minimum atomic E-state index is -0.0123. The highest BCUT2D eigenvalue weighted by molar-refractivity contribution is 6.36. The maximum absolute atomic E-state index is 5.47. The van der Waals surface area contributed by atoms with E-state index in [1.54, 1.807) is 0 Å². The number of hydrogen-bond donors (Lipinski definition) is 0. The normalized spacial score (nSPS) is 19.3. The molecule has 1 rings (SSSR count). The van der Waals surface area contributed by atoms with Crippen LogP contribution in [0, 0.1) is 0 Å². The van der Waals surface area contributed by atoms with Crippen LogP contribution < -0.4 is 0 Å². The minimum absolute atomic E-state index is 0.0123. The number of ether oxygens (including phenoxy) is 4. The summed E-state index contributed by atoms with van der Waals surface area (Å²) in [6.07, 6.45) is 1.45. The highest BCUT2D eigenvalue weighted by Gasteiger charge is 2.21. The lowest BCUT2D eigenvalue weighted by Gasteiger charge is -2.15. The van der Waals surface area contributed by atoms with E-state index in [0.717, 1.165) is 32.3 Å². The molecule has 0 amide bonds. The molecule has 1 fully saturated rings. The summed E-state index contributed by atoms with van der Waals surface area (Å²) in [5.41, 5.74) is 0. The van der Waals surface area contributed by atoms with Crippen LogP contribution in [0.3, 0.4) is 0 Å². The van der Waals surface area contributed by atoms with Crippen LogP contribution in [0.1, 0.15) is 20.3 Å². The van der Waals surface area contributed by atoms with Crippen molar-refractivity contribution in [3.63, 3.8) is 0 Å². The molecule has 94 valence electrons. The summed E-state index contributed by atoms with van der Waals surface area (Å²) in [6, 6.07) is 1.11. The Balaban J connectivity index is 1.85. The minimum Gasteiger partial charge on any atom is -0.379 e. The first kappa shape index (κ1) is 14.1. The van der Waals surface area contributed by atoms with E-state index in [-0.39, 0.29) is 5.91 Å². The maximum Gasteiger partial charge on any atom is 0.137 e. The zero-order chi connectivity index (χ0) is 11.6. The predicted molar refractivity (Wildman–Crippen MR) is 62.8 cm³/mol. The van der Waals surface area contributed by atoms with Gasteiger partial charge in [-0.15, -0.1) is 0 Å². The topological polar surface area (TPSA) is 40.2 Å². The Hall–Kier alpha value is 0.0569. The molecular formula is C11H22O4Si. The van der Waals surface area contributed by atoms with Gasteiger partial charge in [-0.05, 0) is 20.3 Å². The first-order valence-electron chi connectivity index (χ1n) is 6.02. The smallest absolute Gasteiger partial charge is 0.137 e. The van der Waals surface area contributed by atoms with Gasteiger partial charge in [-0.25, -0.2) is 0 Å². The van der Waals surface area contributed by atoms with Crippen LogP contribution in [0.4, 0.5) is 0 Å². The lowest BCUT2D eigenvalue weighted by Crippen LogP contribution is -2.24. The summed E-state index contributed by atoms with van der Waals surface area (Å²) < 4.78 is 21.4. The first-order valence-corrected chi connectivity index (χ1v) is 7.31. The lowest BCUT2D eigenvalue weighted by molar-refractivity contribution is -0.0828. The van der Waals surface area contributed by atoms with E-state index < -0.39 is 0 Å². The molecule has 0 aromatic carbocycles. The quantitative estimate of drug-likeness (QED) is 0.238. The Bertz CT molecular complexity index is 158. The summed E-state index contributed by atoms with van der Waals surface area (Å²) in [4.78, 5) is 0. The second-order valence-corrected chi connectivity index (χ2v) is 4.96. The van der Waals surface area contributed by atoms with Gasteiger partial charge in [0.15, 0.2) is 0 Å². The fraction of sp³-hybridized carbons (Fsp3) is 1.00. The third-order valence-electron chi connectivity index (χ3n) is 2.12. The van der Waals surface area contributed by atoms with E-state index >= 15 is 0 Å². The van der Waals surface area contributed by atoms with Gasteiger partial charge in [-0.1, -0.05) is 6.04 Å². The van der Waals surface area contributed by atoms with E-state index in [4.69, 9.17) is 18.9 Å². The SMILES string of the molecule is CCOC(OCC)[Si]CCCOCC1CO1. The van der Waals surface area contributed by atoms with Gasteiger partial charge in [0, 0.05) is 19.8 Å². The molecular weight excluding hydrogens is 224 g/mol. The molecule has 1 saturated heterocycles. The van der Waals surface area contributed by atoms with Gasteiger partial charge in [0.2, 0.25) is 0 Å². The number of epoxide rings is 1. The molecule has 0 N–H and O–H groups in total. The second kappa shape index (κ2) is 9.12. The Morgan fingerprint density at radius 2 is 2.00 bits per heavy atom. The van der Waals surface area contributed by atoms with Crippen molar-refractivity contribution >= 4 is 9.52 Å². The fourth-order valence-corrected chi connectivity index (χ4v) is 2.40. The van der Waals surface area contributed by atoms with Gasteiger partial charge in [-0.2, -0.15) is 0 Å². The molecule has 0 aromatic heterocycles. The zero-order valence-corrected chi connectivity index (χ0v) is 11.2. The molecule has 0 spiro atoms. The van der Waals surface area contributed by atoms with Crippen LogP contribution in [0.15, 0.2) is 0 Å². The standard InChI is InChI=1S/C11H22O4Si/c1-3-13-11(14-4-2)16-7-5-6-12-8-10-9-15-10/h10-11H,3-9H2,1-2H3. The Kier molecular flexibility index (Phi) is 8.05. The van der Waals surface area contributed by atoms with Crippen molar-refractivity contribution in [2.45, 2.75) is 38.3 Å². The van der Waals surface area contributed by atoms with Gasteiger partial charge in [0.1, 0.15) is 21.5 Å². The molecule has 1 atom stereocenters. The second-order valence-electron chi connectivity index (χ2n) is 3.58. The van der Waals surface area contributed by atoms with Crippen LogP contribution in [0.25, 0.3) is 0 Å². The molecule has 1 aliphatic rings. The zero-order valence-electron chi connectivity index (χ0n) is 10.2. The molecule has 1 heterocycles. The van der Waals surface area contributed by atoms with E-state index in [1.165, 1.54) is 0 Å². The Morgan fingerprint density at radius 1 is 1.31 bits per heavy atom. The highest BCUT2D eigenvalue weighted by Crippen LogP contribution is 2.08. The van der Waals surface area contributed by atoms with E-state index in [9.17, 15) is 0 Å². The summed E-state index contributed by atoms with van der Waals surface area (Å²) in [5.74, 6) is -0.0123. The molecule has 4 nitrogen and oxygen atoms in total. The largest absolute Gasteiger partial charge is 0.379 e. The molecule has 1 aliphatic heterocycles. The first-order chi connectivity index (χ1) is 7.86. The Labute approximate surface area is 100 Å². The van der Waals surface area contributed by atoms with Gasteiger partial charge >= 0.3 is 0 Å². The van der Waals surface area contributed by atoms with Gasteiger partial charge in [-0.3, -0.25) is 0 Å². The summed E-state index contributed by atoms with van der Waals surface area (Å²) in [7, 11) is 0.703. The summed E-state index contributed by atoms with van der Waals surface area (Å²) in [6.45, 7) is 7.87. The monoisotopic (exact) mass is 246 g/mol. The molecule has 5 heteroatoms. The summed E-state index contributed by atoms with van der Waals surface area (Å²) >= 11 is 0. The average molecular weight is 246 g/mol. The fourth-order valence-electron chi connectivity index (χ4n) is 1.24. The molecule has 1 unspecified atom stereocenters. The molecule has 0 saturated carbocycles. The number of rotatable bonds is 11. The van der Waals surface area contributed by atoms with Gasteiger partial charge < -0.3 is 18.9 Å². The van der Waals surface area contributed by atoms with Gasteiger partial charge in [0.25, 0.3) is 0 Å². The van der Waals surface area contributed by atoms with Crippen LogP contribution in [-0.4, -0.2) is 54.6 Å². The van der Waals surface area contributed by atoms with Crippen LogP contribution in [0.2, 0.25) is 6.04 Å². The summed E-state index contributed by atoms with van der Waals surface area (Å²) in [5, 5.41) is 0. The average Bonchev–Trinajstić information content (AvgIpc) is 3.07. The van der Waals surface area contributed by atoms with Crippen LogP contribution in [-0.2, 0) is 18.9 Å². The van der Waals surface area contributed by atoms with E-state index in [0.29, 0.717) is 28.8 Å². The molecule has 16 heavy (non-hydrogen) atoms. The van der Waals surface area contributed by atoms with Crippen molar-refractivity contribution in [3.05, 3.63) is 0 Å². The van der Waals surface area contributed by atoms with Crippen LogP contribution >= 0.6 is 0 Å². The van der Waals surface area contributed by atoms with Gasteiger partial charge in [0.05, 0.1) is 13.2 Å². The lowest BCUT2D eigenvalue weighted by atomic mass is 10.5. The third-order valence-corrected chi connectivity index (χ3v) is 3.43. The van der Waals surface area contributed by atoms with E-state index in [1.807, 2.05) is 13.8 Å². The van der Waals surface area contributed by atoms with Crippen molar-refractivity contribution in [1.29, 1.82) is 0 Å². The van der Waals surface area contributed by atoms with Crippen molar-refractivity contribution in [3.8, 4) is 0 Å².